The number of benzene rings is 1. The van der Waals surface area contributed by atoms with Gasteiger partial charge in [0, 0.05) is 0 Å². The average molecular weight is 173 g/mol. The van der Waals surface area contributed by atoms with Crippen LogP contribution in [-0.2, 0) is 11.2 Å². The van der Waals surface area contributed by atoms with E-state index in [1.165, 1.54) is 5.56 Å². The lowest BCUT2D eigenvalue weighted by molar-refractivity contribution is -0.119. The van der Waals surface area contributed by atoms with Crippen molar-refractivity contribution >= 4 is 5.91 Å². The van der Waals surface area contributed by atoms with Crippen LogP contribution in [-0.4, -0.2) is 5.91 Å². The smallest absolute Gasteiger partial charge is 0.224 e. The van der Waals surface area contributed by atoms with Crippen molar-refractivity contribution in [2.45, 2.75) is 18.8 Å². The molecule has 0 saturated carbocycles. The molecule has 0 saturated heterocycles. The molecule has 2 rings (SSSR count). The third-order valence-corrected chi connectivity index (χ3v) is 2.44. The van der Waals surface area contributed by atoms with Crippen molar-refractivity contribution in [1.29, 1.82) is 0 Å². The number of fused-ring (bicyclic) bond motifs is 1. The Labute approximate surface area is 77.8 Å². The lowest BCUT2D eigenvalue weighted by Gasteiger charge is -2.22. The maximum absolute atomic E-state index is 11.1. The van der Waals surface area contributed by atoms with E-state index in [0.29, 0.717) is 6.42 Å². The molecule has 13 heavy (non-hydrogen) atoms. The van der Waals surface area contributed by atoms with E-state index in [-0.39, 0.29) is 11.8 Å². The Hall–Kier alpha value is -1.31. The van der Waals surface area contributed by atoms with Crippen LogP contribution < -0.4 is 5.73 Å². The van der Waals surface area contributed by atoms with Gasteiger partial charge in [-0.3, -0.25) is 4.79 Å². The molecule has 2 N–H and O–H groups in total. The van der Waals surface area contributed by atoms with Gasteiger partial charge >= 0.3 is 0 Å². The molecule has 1 aliphatic rings. The third kappa shape index (κ3) is 1.44. The minimum Gasteiger partial charge on any atom is -0.369 e. The van der Waals surface area contributed by atoms with Gasteiger partial charge in [-0.15, -0.1) is 0 Å². The van der Waals surface area contributed by atoms with Gasteiger partial charge in [-0.2, -0.15) is 0 Å². The van der Waals surface area contributed by atoms with Crippen LogP contribution in [0.25, 0.3) is 0 Å². The summed E-state index contributed by atoms with van der Waals surface area (Å²) >= 11 is 0. The van der Waals surface area contributed by atoms with Crippen molar-refractivity contribution < 1.29 is 4.79 Å². The van der Waals surface area contributed by atoms with Crippen LogP contribution in [0.2, 0.25) is 0 Å². The van der Waals surface area contributed by atoms with E-state index in [9.17, 15) is 4.79 Å². The number of primary amides is 1. The molecule has 0 bridgehead atoms. The van der Waals surface area contributed by atoms with Gasteiger partial charge in [0.05, 0.1) is 5.92 Å². The number of carbonyl (C=O) groups excluding carboxylic acids is 1. The highest BCUT2D eigenvalue weighted by Crippen LogP contribution is 2.30. The van der Waals surface area contributed by atoms with Crippen molar-refractivity contribution in [3.05, 3.63) is 41.8 Å². The molecule has 0 spiro atoms. The summed E-state index contributed by atoms with van der Waals surface area (Å²) in [4.78, 5) is 11.1. The lowest BCUT2D eigenvalue weighted by atomic mass is 9.82. The SMILES string of the molecule is NC(=O)C1C[C]Cc2ccccc21. The molecule has 1 aromatic carbocycles. The summed E-state index contributed by atoms with van der Waals surface area (Å²) in [6, 6.07) is 7.92. The first-order valence-corrected chi connectivity index (χ1v) is 4.37. The van der Waals surface area contributed by atoms with Crippen molar-refractivity contribution in [1.82, 2.24) is 0 Å². The maximum atomic E-state index is 11.1. The van der Waals surface area contributed by atoms with Crippen molar-refractivity contribution in [2.75, 3.05) is 0 Å². The summed E-state index contributed by atoms with van der Waals surface area (Å²) < 4.78 is 0. The molecule has 1 atom stereocenters. The largest absolute Gasteiger partial charge is 0.369 e. The summed E-state index contributed by atoms with van der Waals surface area (Å²) in [5.74, 6) is -0.412. The minimum atomic E-state index is -0.250. The molecule has 2 nitrogen and oxygen atoms in total. The fourth-order valence-corrected chi connectivity index (χ4v) is 1.75. The summed E-state index contributed by atoms with van der Waals surface area (Å²) in [5.41, 5.74) is 7.56. The number of hydrogen-bond donors (Lipinski definition) is 1. The minimum absolute atomic E-state index is 0.162. The topological polar surface area (TPSA) is 43.1 Å². The molecule has 1 unspecified atom stereocenters. The van der Waals surface area contributed by atoms with E-state index in [0.717, 1.165) is 12.0 Å². The van der Waals surface area contributed by atoms with Crippen molar-refractivity contribution in [3.8, 4) is 0 Å². The van der Waals surface area contributed by atoms with E-state index in [1.807, 2.05) is 24.3 Å². The van der Waals surface area contributed by atoms with E-state index in [1.54, 1.807) is 0 Å². The molecule has 2 radical (unpaired) electrons. The van der Waals surface area contributed by atoms with E-state index in [2.05, 4.69) is 6.42 Å². The Morgan fingerprint density at radius 1 is 1.46 bits per heavy atom. The van der Waals surface area contributed by atoms with E-state index >= 15 is 0 Å². The molecular formula is C11H11NO. The summed E-state index contributed by atoms with van der Waals surface area (Å²) in [7, 11) is 0. The Balaban J connectivity index is 2.42. The van der Waals surface area contributed by atoms with Crippen molar-refractivity contribution in [3.63, 3.8) is 0 Å². The zero-order chi connectivity index (χ0) is 9.26. The Kier molecular flexibility index (Phi) is 2.05. The van der Waals surface area contributed by atoms with Crippen LogP contribution >= 0.6 is 0 Å². The number of amides is 1. The van der Waals surface area contributed by atoms with Crippen LogP contribution in [0, 0.1) is 6.42 Å². The van der Waals surface area contributed by atoms with Crippen LogP contribution in [0.3, 0.4) is 0 Å². The average Bonchev–Trinajstić information content (AvgIpc) is 2.17. The number of nitrogens with two attached hydrogens (primary N) is 1. The van der Waals surface area contributed by atoms with Gasteiger partial charge in [-0.25, -0.2) is 0 Å². The van der Waals surface area contributed by atoms with Gasteiger partial charge < -0.3 is 5.73 Å². The number of hydrogen-bond acceptors (Lipinski definition) is 1. The van der Waals surface area contributed by atoms with Gasteiger partial charge in [0.25, 0.3) is 0 Å². The Bertz CT molecular complexity index is 333. The van der Waals surface area contributed by atoms with Gasteiger partial charge in [0.15, 0.2) is 0 Å². The quantitative estimate of drug-likeness (QED) is 0.683. The fourth-order valence-electron chi connectivity index (χ4n) is 1.75. The molecule has 0 aliphatic heterocycles. The molecule has 0 fully saturated rings. The second-order valence-electron chi connectivity index (χ2n) is 3.28. The third-order valence-electron chi connectivity index (χ3n) is 2.44. The number of rotatable bonds is 1. The van der Waals surface area contributed by atoms with Crippen LogP contribution in [0.15, 0.2) is 24.3 Å². The monoisotopic (exact) mass is 173 g/mol. The normalized spacial score (nSPS) is 20.8. The second kappa shape index (κ2) is 3.21. The predicted molar refractivity (Wildman–Crippen MR) is 49.9 cm³/mol. The first-order valence-electron chi connectivity index (χ1n) is 4.37. The molecule has 66 valence electrons. The predicted octanol–water partition coefficient (Wildman–Crippen LogP) is 1.28. The lowest BCUT2D eigenvalue weighted by Crippen LogP contribution is -2.25. The first kappa shape index (κ1) is 8.30. The maximum Gasteiger partial charge on any atom is 0.224 e. The van der Waals surface area contributed by atoms with Gasteiger partial charge in [0.1, 0.15) is 0 Å². The molecule has 2 heteroatoms. The Morgan fingerprint density at radius 2 is 2.23 bits per heavy atom. The Morgan fingerprint density at radius 3 is 3.00 bits per heavy atom. The summed E-state index contributed by atoms with van der Waals surface area (Å²) in [5, 5.41) is 0. The fraction of sp³-hybridized carbons (Fsp3) is 0.273. The standard InChI is InChI=1S/C11H11NO/c12-11(13)10-7-3-5-8-4-1-2-6-9(8)10/h1-2,4,6,10H,5,7H2,(H2,12,13). The van der Waals surface area contributed by atoms with Gasteiger partial charge in [-0.05, 0) is 30.4 Å². The zero-order valence-corrected chi connectivity index (χ0v) is 7.29. The highest BCUT2D eigenvalue weighted by atomic mass is 16.1. The highest BCUT2D eigenvalue weighted by molar-refractivity contribution is 5.82. The summed E-state index contributed by atoms with van der Waals surface area (Å²) in [6.07, 6.45) is 4.66. The zero-order valence-electron chi connectivity index (χ0n) is 7.29. The van der Waals surface area contributed by atoms with E-state index in [4.69, 9.17) is 5.73 Å². The summed E-state index contributed by atoms with van der Waals surface area (Å²) in [6.45, 7) is 0. The molecular weight excluding hydrogens is 162 g/mol. The molecule has 1 aliphatic carbocycles. The second-order valence-corrected chi connectivity index (χ2v) is 3.28. The van der Waals surface area contributed by atoms with Crippen LogP contribution in [0.4, 0.5) is 0 Å². The van der Waals surface area contributed by atoms with Gasteiger partial charge in [-0.1, -0.05) is 24.3 Å². The molecule has 0 heterocycles. The molecule has 1 amide bonds. The van der Waals surface area contributed by atoms with Crippen LogP contribution in [0.5, 0.6) is 0 Å². The molecule has 1 aromatic rings. The van der Waals surface area contributed by atoms with Gasteiger partial charge in [0.2, 0.25) is 5.91 Å². The van der Waals surface area contributed by atoms with Crippen LogP contribution in [0.1, 0.15) is 23.5 Å². The highest BCUT2D eigenvalue weighted by Gasteiger charge is 2.23. The first-order chi connectivity index (χ1) is 6.29. The van der Waals surface area contributed by atoms with E-state index < -0.39 is 0 Å². The van der Waals surface area contributed by atoms with Crippen molar-refractivity contribution in [2.24, 2.45) is 5.73 Å². The molecule has 0 aromatic heterocycles. The number of carbonyl (C=O) groups is 1.